The lowest BCUT2D eigenvalue weighted by Gasteiger charge is -2.13. The molecule has 0 aliphatic heterocycles. The molecule has 2 N–H and O–H groups in total. The normalized spacial score (nSPS) is 12.2. The summed E-state index contributed by atoms with van der Waals surface area (Å²) in [6.45, 7) is 6.79. The number of nitrogens with one attached hydrogen (secondary N) is 2. The van der Waals surface area contributed by atoms with Crippen LogP contribution in [0.3, 0.4) is 0 Å². The standard InChI is InChI=1S/C17H28N2O3/c1-13(2)9-6-4-5-7-11-18-16(20)14(3)19-17(21)15-10-8-12-22-15/h8,10,12-14H,4-7,9,11H2,1-3H3,(H,18,20)(H,19,21). The molecule has 1 aromatic rings. The van der Waals surface area contributed by atoms with E-state index in [4.69, 9.17) is 4.42 Å². The fourth-order valence-corrected chi connectivity index (χ4v) is 2.14. The van der Waals surface area contributed by atoms with Crippen molar-refractivity contribution in [3.8, 4) is 0 Å². The van der Waals surface area contributed by atoms with Crippen LogP contribution in [0.15, 0.2) is 22.8 Å². The maximum Gasteiger partial charge on any atom is 0.287 e. The number of rotatable bonds is 10. The van der Waals surface area contributed by atoms with E-state index in [2.05, 4.69) is 24.5 Å². The van der Waals surface area contributed by atoms with Crippen molar-refractivity contribution in [3.05, 3.63) is 24.2 Å². The van der Waals surface area contributed by atoms with Crippen LogP contribution in [0.1, 0.15) is 63.4 Å². The zero-order chi connectivity index (χ0) is 16.4. The minimum absolute atomic E-state index is 0.165. The van der Waals surface area contributed by atoms with E-state index in [-0.39, 0.29) is 17.6 Å². The third-order valence-corrected chi connectivity index (χ3v) is 3.49. The number of hydrogen-bond donors (Lipinski definition) is 2. The molecule has 1 rings (SSSR count). The van der Waals surface area contributed by atoms with Gasteiger partial charge >= 0.3 is 0 Å². The summed E-state index contributed by atoms with van der Waals surface area (Å²) in [4.78, 5) is 23.6. The summed E-state index contributed by atoms with van der Waals surface area (Å²) in [6, 6.07) is 2.63. The van der Waals surface area contributed by atoms with Crippen LogP contribution in [-0.4, -0.2) is 24.4 Å². The first-order chi connectivity index (χ1) is 10.5. The van der Waals surface area contributed by atoms with Gasteiger partial charge in [0.15, 0.2) is 5.76 Å². The van der Waals surface area contributed by atoms with E-state index in [1.165, 1.54) is 25.5 Å². The van der Waals surface area contributed by atoms with Crippen molar-refractivity contribution in [2.45, 2.75) is 58.9 Å². The molecule has 0 aromatic carbocycles. The average molecular weight is 308 g/mol. The van der Waals surface area contributed by atoms with Gasteiger partial charge < -0.3 is 15.1 Å². The molecule has 0 spiro atoms. The van der Waals surface area contributed by atoms with Gasteiger partial charge in [0.25, 0.3) is 5.91 Å². The first-order valence-electron chi connectivity index (χ1n) is 8.12. The minimum atomic E-state index is -0.571. The van der Waals surface area contributed by atoms with Gasteiger partial charge in [0.2, 0.25) is 5.91 Å². The van der Waals surface area contributed by atoms with E-state index in [9.17, 15) is 9.59 Å². The lowest BCUT2D eigenvalue weighted by molar-refractivity contribution is -0.122. The van der Waals surface area contributed by atoms with Gasteiger partial charge in [-0.1, -0.05) is 39.5 Å². The van der Waals surface area contributed by atoms with Gasteiger partial charge in [-0.15, -0.1) is 0 Å². The smallest absolute Gasteiger partial charge is 0.287 e. The van der Waals surface area contributed by atoms with Crippen molar-refractivity contribution in [2.75, 3.05) is 6.54 Å². The van der Waals surface area contributed by atoms with E-state index >= 15 is 0 Å². The summed E-state index contributed by atoms with van der Waals surface area (Å²) >= 11 is 0. The number of carbonyl (C=O) groups excluding carboxylic acids is 2. The first kappa shape index (κ1) is 18.3. The van der Waals surface area contributed by atoms with Gasteiger partial charge in [0.05, 0.1) is 6.26 Å². The van der Waals surface area contributed by atoms with Crippen molar-refractivity contribution in [1.82, 2.24) is 10.6 Å². The molecular weight excluding hydrogens is 280 g/mol. The van der Waals surface area contributed by atoms with E-state index in [0.29, 0.717) is 6.54 Å². The monoisotopic (exact) mass is 308 g/mol. The summed E-state index contributed by atoms with van der Waals surface area (Å²) in [5.74, 6) is 0.437. The SMILES string of the molecule is CC(C)CCCCCCNC(=O)C(C)NC(=O)c1ccco1. The maximum atomic E-state index is 11.9. The molecule has 5 nitrogen and oxygen atoms in total. The van der Waals surface area contributed by atoms with E-state index < -0.39 is 6.04 Å². The highest BCUT2D eigenvalue weighted by atomic mass is 16.3. The maximum absolute atomic E-state index is 11.9. The molecule has 1 unspecified atom stereocenters. The number of carbonyl (C=O) groups is 2. The van der Waals surface area contributed by atoms with Crippen LogP contribution in [0.25, 0.3) is 0 Å². The number of amides is 2. The highest BCUT2D eigenvalue weighted by Crippen LogP contribution is 2.09. The molecule has 1 aromatic heterocycles. The second kappa shape index (κ2) is 10.0. The van der Waals surface area contributed by atoms with Crippen LogP contribution in [-0.2, 0) is 4.79 Å². The summed E-state index contributed by atoms with van der Waals surface area (Å²) in [7, 11) is 0. The summed E-state index contributed by atoms with van der Waals surface area (Å²) in [6.07, 6.45) is 7.25. The number of unbranched alkanes of at least 4 members (excludes halogenated alkanes) is 3. The molecular formula is C17H28N2O3. The second-order valence-corrected chi connectivity index (χ2v) is 6.06. The van der Waals surface area contributed by atoms with Crippen molar-refractivity contribution in [1.29, 1.82) is 0 Å². The van der Waals surface area contributed by atoms with Crippen molar-refractivity contribution >= 4 is 11.8 Å². The minimum Gasteiger partial charge on any atom is -0.459 e. The predicted molar refractivity (Wildman–Crippen MR) is 86.6 cm³/mol. The Balaban J connectivity index is 2.10. The van der Waals surface area contributed by atoms with Crippen LogP contribution < -0.4 is 10.6 Å². The van der Waals surface area contributed by atoms with Crippen LogP contribution in [0.2, 0.25) is 0 Å². The third kappa shape index (κ3) is 7.29. The van der Waals surface area contributed by atoms with Crippen LogP contribution in [0, 0.1) is 5.92 Å². The molecule has 124 valence electrons. The Morgan fingerprint density at radius 2 is 1.86 bits per heavy atom. The molecule has 1 atom stereocenters. The Morgan fingerprint density at radius 3 is 2.50 bits per heavy atom. The highest BCUT2D eigenvalue weighted by Gasteiger charge is 2.17. The van der Waals surface area contributed by atoms with Gasteiger partial charge in [0, 0.05) is 6.54 Å². The quantitative estimate of drug-likeness (QED) is 0.652. The number of furan rings is 1. The molecule has 0 aliphatic rings. The second-order valence-electron chi connectivity index (χ2n) is 6.06. The summed E-state index contributed by atoms with van der Waals surface area (Å²) < 4.78 is 4.98. The zero-order valence-electron chi connectivity index (χ0n) is 13.9. The highest BCUT2D eigenvalue weighted by molar-refractivity contribution is 5.95. The lowest BCUT2D eigenvalue weighted by Crippen LogP contribution is -2.44. The third-order valence-electron chi connectivity index (χ3n) is 3.49. The molecule has 0 bridgehead atoms. The summed E-state index contributed by atoms with van der Waals surface area (Å²) in [5.41, 5.74) is 0. The topological polar surface area (TPSA) is 71.3 Å². The fraction of sp³-hybridized carbons (Fsp3) is 0.647. The first-order valence-corrected chi connectivity index (χ1v) is 8.12. The summed E-state index contributed by atoms with van der Waals surface area (Å²) in [5, 5.41) is 5.46. The molecule has 2 amide bonds. The molecule has 0 aliphatic carbocycles. The molecule has 1 heterocycles. The molecule has 22 heavy (non-hydrogen) atoms. The van der Waals surface area contributed by atoms with Gasteiger partial charge in [-0.25, -0.2) is 0 Å². The molecule has 0 radical (unpaired) electrons. The van der Waals surface area contributed by atoms with Crippen molar-refractivity contribution < 1.29 is 14.0 Å². The Bertz CT molecular complexity index is 441. The zero-order valence-corrected chi connectivity index (χ0v) is 13.9. The van der Waals surface area contributed by atoms with Crippen LogP contribution in [0.4, 0.5) is 0 Å². The molecule has 0 saturated carbocycles. The van der Waals surface area contributed by atoms with Gasteiger partial charge in [-0.05, 0) is 31.4 Å². The number of hydrogen-bond acceptors (Lipinski definition) is 3. The Morgan fingerprint density at radius 1 is 1.14 bits per heavy atom. The van der Waals surface area contributed by atoms with E-state index in [1.807, 2.05) is 0 Å². The van der Waals surface area contributed by atoms with Crippen molar-refractivity contribution in [2.24, 2.45) is 5.92 Å². The van der Waals surface area contributed by atoms with E-state index in [1.54, 1.807) is 19.1 Å². The van der Waals surface area contributed by atoms with Crippen LogP contribution in [0.5, 0.6) is 0 Å². The largest absolute Gasteiger partial charge is 0.459 e. The Labute approximate surface area is 132 Å². The predicted octanol–water partition coefficient (Wildman–Crippen LogP) is 3.12. The van der Waals surface area contributed by atoms with Crippen LogP contribution >= 0.6 is 0 Å². The van der Waals surface area contributed by atoms with Gasteiger partial charge in [-0.3, -0.25) is 9.59 Å². The lowest BCUT2D eigenvalue weighted by atomic mass is 10.0. The Hall–Kier alpha value is -1.78. The molecule has 0 fully saturated rings. The molecule has 0 saturated heterocycles. The average Bonchev–Trinajstić information content (AvgIpc) is 2.99. The van der Waals surface area contributed by atoms with E-state index in [0.717, 1.165) is 18.8 Å². The molecule has 5 heteroatoms. The van der Waals surface area contributed by atoms with Gasteiger partial charge in [-0.2, -0.15) is 0 Å². The van der Waals surface area contributed by atoms with Crippen molar-refractivity contribution in [3.63, 3.8) is 0 Å². The Kier molecular flexibility index (Phi) is 8.33. The van der Waals surface area contributed by atoms with Gasteiger partial charge in [0.1, 0.15) is 6.04 Å². The fourth-order valence-electron chi connectivity index (χ4n) is 2.14.